The predicted molar refractivity (Wildman–Crippen MR) is 85.6 cm³/mol. The molecule has 0 saturated heterocycles. The van der Waals surface area contributed by atoms with Gasteiger partial charge in [-0.15, -0.1) is 0 Å². The lowest BCUT2D eigenvalue weighted by Crippen LogP contribution is -2.13. The van der Waals surface area contributed by atoms with Gasteiger partial charge in [0.15, 0.2) is 0 Å². The monoisotopic (exact) mass is 340 g/mol. The van der Waals surface area contributed by atoms with Crippen LogP contribution in [0.25, 0.3) is 10.9 Å². The SMILES string of the molecule is O=S(=O)(Nc1ccc2[nH]ccc2c1)c1ccc(Cl)cc1Cl. The van der Waals surface area contributed by atoms with E-state index < -0.39 is 10.0 Å². The Balaban J connectivity index is 1.98. The second kappa shape index (κ2) is 5.26. The van der Waals surface area contributed by atoms with Crippen LogP contribution in [0.1, 0.15) is 0 Å². The fourth-order valence-corrected chi connectivity index (χ4v) is 3.84. The zero-order valence-electron chi connectivity index (χ0n) is 10.6. The van der Waals surface area contributed by atoms with Gasteiger partial charge in [-0.3, -0.25) is 4.72 Å². The maximum absolute atomic E-state index is 12.4. The van der Waals surface area contributed by atoms with Crippen molar-refractivity contribution in [2.45, 2.75) is 4.90 Å². The molecule has 1 aromatic heterocycles. The Hall–Kier alpha value is -1.69. The van der Waals surface area contributed by atoms with Crippen molar-refractivity contribution in [2.75, 3.05) is 4.72 Å². The normalized spacial score (nSPS) is 11.7. The summed E-state index contributed by atoms with van der Waals surface area (Å²) in [4.78, 5) is 3.03. The first-order valence-electron chi connectivity index (χ1n) is 6.01. The minimum atomic E-state index is -3.76. The first-order chi connectivity index (χ1) is 9.95. The highest BCUT2D eigenvalue weighted by Crippen LogP contribution is 2.27. The minimum Gasteiger partial charge on any atom is -0.361 e. The Morgan fingerprint density at radius 2 is 1.81 bits per heavy atom. The average Bonchev–Trinajstić information content (AvgIpc) is 2.85. The highest BCUT2D eigenvalue weighted by atomic mass is 35.5. The third kappa shape index (κ3) is 2.85. The molecule has 3 rings (SSSR count). The van der Waals surface area contributed by atoms with E-state index in [1.807, 2.05) is 6.07 Å². The molecule has 0 unspecified atom stereocenters. The molecule has 0 aliphatic carbocycles. The highest BCUT2D eigenvalue weighted by molar-refractivity contribution is 7.92. The van der Waals surface area contributed by atoms with Gasteiger partial charge in [-0.25, -0.2) is 8.42 Å². The van der Waals surface area contributed by atoms with Gasteiger partial charge in [0, 0.05) is 27.8 Å². The molecule has 0 spiro atoms. The van der Waals surface area contributed by atoms with Crippen molar-refractivity contribution < 1.29 is 8.42 Å². The summed E-state index contributed by atoms with van der Waals surface area (Å²) >= 11 is 11.7. The Labute approximate surface area is 131 Å². The Morgan fingerprint density at radius 1 is 1.00 bits per heavy atom. The van der Waals surface area contributed by atoms with Crippen molar-refractivity contribution in [2.24, 2.45) is 0 Å². The van der Waals surface area contributed by atoms with Crippen LogP contribution in [0.4, 0.5) is 5.69 Å². The van der Waals surface area contributed by atoms with Crippen LogP contribution < -0.4 is 4.72 Å². The lowest BCUT2D eigenvalue weighted by molar-refractivity contribution is 0.601. The van der Waals surface area contributed by atoms with Crippen molar-refractivity contribution >= 4 is 49.8 Å². The van der Waals surface area contributed by atoms with Crippen molar-refractivity contribution in [1.29, 1.82) is 0 Å². The molecule has 0 saturated carbocycles. The standard InChI is InChI=1S/C14H10Cl2N2O2S/c15-10-1-4-14(12(16)8-10)21(19,20)18-11-2-3-13-9(7-11)5-6-17-13/h1-8,17-18H. The molecular weight excluding hydrogens is 331 g/mol. The number of H-pyrrole nitrogens is 1. The van der Waals surface area contributed by atoms with Crippen LogP contribution in [0.5, 0.6) is 0 Å². The van der Waals surface area contributed by atoms with Crippen LogP contribution in [-0.4, -0.2) is 13.4 Å². The number of nitrogens with one attached hydrogen (secondary N) is 2. The van der Waals surface area contributed by atoms with Gasteiger partial charge in [-0.05, 0) is 42.5 Å². The van der Waals surface area contributed by atoms with Crippen LogP contribution in [0.2, 0.25) is 10.0 Å². The maximum atomic E-state index is 12.4. The largest absolute Gasteiger partial charge is 0.361 e. The van der Waals surface area contributed by atoms with E-state index in [2.05, 4.69) is 9.71 Å². The average molecular weight is 341 g/mol. The molecule has 108 valence electrons. The summed E-state index contributed by atoms with van der Waals surface area (Å²) in [5, 5.41) is 1.38. The number of hydrogen-bond donors (Lipinski definition) is 2. The highest BCUT2D eigenvalue weighted by Gasteiger charge is 2.18. The minimum absolute atomic E-state index is 0.0114. The quantitative estimate of drug-likeness (QED) is 0.747. The number of aromatic amines is 1. The third-order valence-electron chi connectivity index (χ3n) is 2.99. The van der Waals surface area contributed by atoms with E-state index in [-0.39, 0.29) is 9.92 Å². The van der Waals surface area contributed by atoms with Crippen molar-refractivity contribution in [1.82, 2.24) is 4.98 Å². The molecule has 0 amide bonds. The zero-order valence-corrected chi connectivity index (χ0v) is 12.9. The van der Waals surface area contributed by atoms with Crippen LogP contribution in [-0.2, 0) is 10.0 Å². The molecule has 4 nitrogen and oxygen atoms in total. The third-order valence-corrected chi connectivity index (χ3v) is 5.09. The summed E-state index contributed by atoms with van der Waals surface area (Å²) in [6.07, 6.45) is 1.79. The van der Waals surface area contributed by atoms with Gasteiger partial charge in [0.2, 0.25) is 0 Å². The van der Waals surface area contributed by atoms with Gasteiger partial charge >= 0.3 is 0 Å². The number of hydrogen-bond acceptors (Lipinski definition) is 2. The Morgan fingerprint density at radius 3 is 2.57 bits per heavy atom. The van der Waals surface area contributed by atoms with Crippen LogP contribution in [0, 0.1) is 0 Å². The van der Waals surface area contributed by atoms with E-state index >= 15 is 0 Å². The molecule has 0 radical (unpaired) electrons. The van der Waals surface area contributed by atoms with Crippen molar-refractivity contribution in [3.63, 3.8) is 0 Å². The maximum Gasteiger partial charge on any atom is 0.263 e. The van der Waals surface area contributed by atoms with Gasteiger partial charge < -0.3 is 4.98 Å². The molecular formula is C14H10Cl2N2O2S. The Bertz CT molecular complexity index is 920. The fourth-order valence-electron chi connectivity index (χ4n) is 2.02. The second-order valence-electron chi connectivity index (χ2n) is 4.46. The molecule has 0 atom stereocenters. The second-order valence-corrected chi connectivity index (χ2v) is 6.95. The molecule has 0 aliphatic rings. The van der Waals surface area contributed by atoms with E-state index in [1.54, 1.807) is 24.4 Å². The number of aromatic nitrogens is 1. The van der Waals surface area contributed by atoms with Crippen molar-refractivity contribution in [3.8, 4) is 0 Å². The van der Waals surface area contributed by atoms with Gasteiger partial charge in [0.1, 0.15) is 4.90 Å². The summed E-state index contributed by atoms with van der Waals surface area (Å²) in [5.74, 6) is 0. The summed E-state index contributed by atoms with van der Waals surface area (Å²) < 4.78 is 27.2. The van der Waals surface area contributed by atoms with E-state index in [0.717, 1.165) is 10.9 Å². The van der Waals surface area contributed by atoms with Gasteiger partial charge in [-0.1, -0.05) is 23.2 Å². The molecule has 2 N–H and O–H groups in total. The molecule has 7 heteroatoms. The van der Waals surface area contributed by atoms with Gasteiger partial charge in [0.05, 0.1) is 5.02 Å². The fraction of sp³-hybridized carbons (Fsp3) is 0. The lowest BCUT2D eigenvalue weighted by atomic mass is 10.2. The molecule has 21 heavy (non-hydrogen) atoms. The van der Waals surface area contributed by atoms with E-state index in [1.165, 1.54) is 18.2 Å². The number of anilines is 1. The predicted octanol–water partition coefficient (Wildman–Crippen LogP) is 4.28. The van der Waals surface area contributed by atoms with Gasteiger partial charge in [0.25, 0.3) is 10.0 Å². The Kier molecular flexibility index (Phi) is 3.57. The molecule has 1 heterocycles. The molecule has 0 fully saturated rings. The molecule has 0 bridgehead atoms. The smallest absolute Gasteiger partial charge is 0.263 e. The van der Waals surface area contributed by atoms with Gasteiger partial charge in [-0.2, -0.15) is 0 Å². The zero-order chi connectivity index (χ0) is 15.0. The van der Waals surface area contributed by atoms with Crippen LogP contribution in [0.15, 0.2) is 53.6 Å². The van der Waals surface area contributed by atoms with Crippen LogP contribution >= 0.6 is 23.2 Å². The number of fused-ring (bicyclic) bond motifs is 1. The number of sulfonamides is 1. The summed E-state index contributed by atoms with van der Waals surface area (Å²) in [6.45, 7) is 0. The molecule has 0 aliphatic heterocycles. The number of halogens is 2. The number of rotatable bonds is 3. The molecule has 2 aromatic carbocycles. The molecule has 3 aromatic rings. The van der Waals surface area contributed by atoms with E-state index in [4.69, 9.17) is 23.2 Å². The first kappa shape index (κ1) is 14.3. The van der Waals surface area contributed by atoms with Crippen LogP contribution in [0.3, 0.4) is 0 Å². The summed E-state index contributed by atoms with van der Waals surface area (Å²) in [6, 6.07) is 11.3. The van der Waals surface area contributed by atoms with E-state index in [0.29, 0.717) is 10.7 Å². The van der Waals surface area contributed by atoms with E-state index in [9.17, 15) is 8.42 Å². The van der Waals surface area contributed by atoms with Crippen molar-refractivity contribution in [3.05, 3.63) is 58.7 Å². The summed E-state index contributed by atoms with van der Waals surface area (Å²) in [7, 11) is -3.76. The first-order valence-corrected chi connectivity index (χ1v) is 8.25. The topological polar surface area (TPSA) is 62.0 Å². The number of benzene rings is 2. The summed E-state index contributed by atoms with van der Waals surface area (Å²) in [5.41, 5.74) is 1.40. The lowest BCUT2D eigenvalue weighted by Gasteiger charge is -2.10.